The Hall–Kier alpha value is -1.06. The monoisotopic (exact) mass is 277 g/mol. The predicted octanol–water partition coefficient (Wildman–Crippen LogP) is 3.70. The molecular formula is C17H27NO2. The van der Waals surface area contributed by atoms with Crippen LogP contribution in [0.4, 0.5) is 0 Å². The first-order valence-corrected chi connectivity index (χ1v) is 7.85. The van der Waals surface area contributed by atoms with Crippen molar-refractivity contribution in [3.8, 4) is 5.75 Å². The molecule has 2 atom stereocenters. The van der Waals surface area contributed by atoms with Crippen LogP contribution in [0, 0.1) is 0 Å². The van der Waals surface area contributed by atoms with Gasteiger partial charge in [0.2, 0.25) is 0 Å². The van der Waals surface area contributed by atoms with Crippen LogP contribution in [-0.4, -0.2) is 26.4 Å². The summed E-state index contributed by atoms with van der Waals surface area (Å²) >= 11 is 0. The van der Waals surface area contributed by atoms with E-state index in [4.69, 9.17) is 9.47 Å². The van der Waals surface area contributed by atoms with E-state index in [1.807, 2.05) is 7.05 Å². The quantitative estimate of drug-likeness (QED) is 0.735. The van der Waals surface area contributed by atoms with Gasteiger partial charge in [0, 0.05) is 12.6 Å². The van der Waals surface area contributed by atoms with E-state index in [1.54, 1.807) is 0 Å². The molecule has 112 valence electrons. The summed E-state index contributed by atoms with van der Waals surface area (Å²) in [5, 5.41) is 3.32. The number of nitrogens with one attached hydrogen (secondary N) is 1. The molecular weight excluding hydrogens is 250 g/mol. The number of benzene rings is 1. The zero-order chi connectivity index (χ0) is 14.2. The van der Waals surface area contributed by atoms with Crippen molar-refractivity contribution >= 4 is 0 Å². The molecule has 1 aliphatic heterocycles. The predicted molar refractivity (Wildman–Crippen MR) is 82.2 cm³/mol. The Morgan fingerprint density at radius 1 is 1.35 bits per heavy atom. The molecule has 1 fully saturated rings. The van der Waals surface area contributed by atoms with Gasteiger partial charge in [-0.15, -0.1) is 0 Å². The zero-order valence-corrected chi connectivity index (χ0v) is 12.7. The Kier molecular flexibility index (Phi) is 6.34. The van der Waals surface area contributed by atoms with Crippen molar-refractivity contribution in [2.45, 2.75) is 51.2 Å². The van der Waals surface area contributed by atoms with E-state index in [1.165, 1.54) is 18.4 Å². The maximum Gasteiger partial charge on any atom is 0.119 e. The number of hydrogen-bond donors (Lipinski definition) is 1. The summed E-state index contributed by atoms with van der Waals surface area (Å²) in [6.45, 7) is 3.91. The van der Waals surface area contributed by atoms with Crippen LogP contribution < -0.4 is 10.1 Å². The Bertz CT molecular complexity index is 367. The van der Waals surface area contributed by atoms with Gasteiger partial charge >= 0.3 is 0 Å². The summed E-state index contributed by atoms with van der Waals surface area (Å²) in [6, 6.07) is 8.88. The molecule has 1 aromatic carbocycles. The molecule has 0 bridgehead atoms. The minimum Gasteiger partial charge on any atom is -0.494 e. The van der Waals surface area contributed by atoms with Crippen molar-refractivity contribution in [3.63, 3.8) is 0 Å². The summed E-state index contributed by atoms with van der Waals surface area (Å²) < 4.78 is 11.4. The van der Waals surface area contributed by atoms with Crippen LogP contribution in [0.2, 0.25) is 0 Å². The van der Waals surface area contributed by atoms with Gasteiger partial charge in [-0.2, -0.15) is 0 Å². The van der Waals surface area contributed by atoms with Crippen LogP contribution in [0.15, 0.2) is 24.3 Å². The normalized spacial score (nSPS) is 20.0. The molecule has 0 amide bonds. The number of hydrogen-bond acceptors (Lipinski definition) is 3. The highest BCUT2D eigenvalue weighted by Gasteiger charge is 2.14. The van der Waals surface area contributed by atoms with E-state index in [0.717, 1.165) is 38.2 Å². The van der Waals surface area contributed by atoms with Crippen molar-refractivity contribution in [3.05, 3.63) is 29.8 Å². The van der Waals surface area contributed by atoms with E-state index in [0.29, 0.717) is 12.1 Å². The summed E-state index contributed by atoms with van der Waals surface area (Å²) in [4.78, 5) is 0. The van der Waals surface area contributed by atoms with Gasteiger partial charge in [0.05, 0.1) is 12.7 Å². The highest BCUT2D eigenvalue weighted by molar-refractivity contribution is 5.29. The third-order valence-corrected chi connectivity index (χ3v) is 4.00. The van der Waals surface area contributed by atoms with E-state index >= 15 is 0 Å². The number of ether oxygens (including phenoxy) is 2. The minimum atomic E-state index is 0.434. The topological polar surface area (TPSA) is 30.5 Å². The number of rotatable bonds is 8. The molecule has 1 saturated heterocycles. The third kappa shape index (κ3) is 4.50. The standard InChI is InChI=1S/C17H27NO2/c1-3-17(18-2)14-8-10-16(11-9-14)20-13-5-7-15-6-4-12-19-15/h8-11,15,17-18H,3-7,12-13H2,1-2H3. The fraction of sp³-hybridized carbons (Fsp3) is 0.647. The first-order chi connectivity index (χ1) is 9.83. The molecule has 3 nitrogen and oxygen atoms in total. The van der Waals surface area contributed by atoms with Crippen LogP contribution in [0.1, 0.15) is 50.6 Å². The lowest BCUT2D eigenvalue weighted by molar-refractivity contribution is 0.0981. The first-order valence-electron chi connectivity index (χ1n) is 7.85. The molecule has 1 N–H and O–H groups in total. The average Bonchev–Trinajstić information content (AvgIpc) is 3.00. The summed E-state index contributed by atoms with van der Waals surface area (Å²) in [5.41, 5.74) is 1.32. The van der Waals surface area contributed by atoms with Gasteiger partial charge in [-0.05, 0) is 56.8 Å². The van der Waals surface area contributed by atoms with Crippen LogP contribution in [0.5, 0.6) is 5.75 Å². The van der Waals surface area contributed by atoms with Crippen LogP contribution in [0.3, 0.4) is 0 Å². The summed E-state index contributed by atoms with van der Waals surface area (Å²) in [6.07, 6.45) is 6.20. The second-order valence-corrected chi connectivity index (χ2v) is 5.44. The molecule has 0 spiro atoms. The highest BCUT2D eigenvalue weighted by atomic mass is 16.5. The zero-order valence-electron chi connectivity index (χ0n) is 12.7. The second-order valence-electron chi connectivity index (χ2n) is 5.44. The average molecular weight is 277 g/mol. The third-order valence-electron chi connectivity index (χ3n) is 4.00. The smallest absolute Gasteiger partial charge is 0.119 e. The van der Waals surface area contributed by atoms with E-state index < -0.39 is 0 Å². The Balaban J connectivity index is 1.70. The van der Waals surface area contributed by atoms with Crippen molar-refractivity contribution in [1.29, 1.82) is 0 Å². The molecule has 20 heavy (non-hydrogen) atoms. The molecule has 2 unspecified atom stereocenters. The van der Waals surface area contributed by atoms with E-state index in [-0.39, 0.29) is 0 Å². The van der Waals surface area contributed by atoms with Crippen LogP contribution >= 0.6 is 0 Å². The van der Waals surface area contributed by atoms with E-state index in [9.17, 15) is 0 Å². The molecule has 1 aromatic rings. The fourth-order valence-corrected chi connectivity index (χ4v) is 2.78. The van der Waals surface area contributed by atoms with Crippen molar-refractivity contribution in [2.24, 2.45) is 0 Å². The molecule has 0 aromatic heterocycles. The van der Waals surface area contributed by atoms with E-state index in [2.05, 4.69) is 36.5 Å². The largest absolute Gasteiger partial charge is 0.494 e. The second kappa shape index (κ2) is 8.28. The van der Waals surface area contributed by atoms with Gasteiger partial charge in [0.1, 0.15) is 5.75 Å². The molecule has 0 radical (unpaired) electrons. The Labute approximate surface area is 122 Å². The minimum absolute atomic E-state index is 0.434. The lowest BCUT2D eigenvalue weighted by Gasteiger charge is -2.15. The van der Waals surface area contributed by atoms with Crippen molar-refractivity contribution in [1.82, 2.24) is 5.32 Å². The summed E-state index contributed by atoms with van der Waals surface area (Å²) in [7, 11) is 2.00. The van der Waals surface area contributed by atoms with Crippen molar-refractivity contribution < 1.29 is 9.47 Å². The molecule has 2 rings (SSSR count). The van der Waals surface area contributed by atoms with Crippen LogP contribution in [0.25, 0.3) is 0 Å². The van der Waals surface area contributed by atoms with Gasteiger partial charge < -0.3 is 14.8 Å². The van der Waals surface area contributed by atoms with Gasteiger partial charge in [0.15, 0.2) is 0 Å². The SMILES string of the molecule is CCC(NC)c1ccc(OCCCC2CCCO2)cc1. The molecule has 1 aliphatic rings. The maximum atomic E-state index is 5.79. The highest BCUT2D eigenvalue weighted by Crippen LogP contribution is 2.21. The Morgan fingerprint density at radius 3 is 2.75 bits per heavy atom. The van der Waals surface area contributed by atoms with Crippen molar-refractivity contribution in [2.75, 3.05) is 20.3 Å². The lowest BCUT2D eigenvalue weighted by Crippen LogP contribution is -2.14. The molecule has 1 heterocycles. The molecule has 0 saturated carbocycles. The molecule has 3 heteroatoms. The first kappa shape index (κ1) is 15.3. The Morgan fingerprint density at radius 2 is 2.15 bits per heavy atom. The van der Waals surface area contributed by atoms with Crippen LogP contribution in [-0.2, 0) is 4.74 Å². The van der Waals surface area contributed by atoms with Gasteiger partial charge in [-0.1, -0.05) is 19.1 Å². The van der Waals surface area contributed by atoms with Gasteiger partial charge in [-0.25, -0.2) is 0 Å². The van der Waals surface area contributed by atoms with Gasteiger partial charge in [-0.3, -0.25) is 0 Å². The van der Waals surface area contributed by atoms with Gasteiger partial charge in [0.25, 0.3) is 0 Å². The fourth-order valence-electron chi connectivity index (χ4n) is 2.78. The summed E-state index contributed by atoms with van der Waals surface area (Å²) in [5.74, 6) is 0.965. The lowest BCUT2D eigenvalue weighted by atomic mass is 10.0. The molecule has 0 aliphatic carbocycles. The maximum absolute atomic E-state index is 5.79.